The highest BCUT2D eigenvalue weighted by molar-refractivity contribution is 7.92. The van der Waals surface area contributed by atoms with Gasteiger partial charge in [0.15, 0.2) is 9.84 Å². The quantitative estimate of drug-likeness (QED) is 0.803. The van der Waals surface area contributed by atoms with Crippen molar-refractivity contribution in [2.75, 3.05) is 11.5 Å². The third-order valence-electron chi connectivity index (χ3n) is 3.20. The van der Waals surface area contributed by atoms with Gasteiger partial charge in [-0.05, 0) is 24.6 Å². The van der Waals surface area contributed by atoms with Crippen LogP contribution in [0.15, 0.2) is 23.1 Å². The molecule has 0 aromatic heterocycles. The first-order chi connectivity index (χ1) is 9.64. The number of alkyl halides is 1. The number of rotatable bonds is 3. The highest BCUT2D eigenvalue weighted by Crippen LogP contribution is 2.22. The van der Waals surface area contributed by atoms with Crippen molar-refractivity contribution < 1.29 is 16.8 Å². The standard InChI is InChI=1S/C12H13ClN2O4S2/c1-8-2-3-9(5-14)4-12(8)21(18,19)15-11-7-20(16,17)6-10(11)13/h2-4,10-11,15H,6-7H2,1H3. The van der Waals surface area contributed by atoms with Gasteiger partial charge in [-0.25, -0.2) is 21.6 Å². The Morgan fingerprint density at radius 1 is 1.38 bits per heavy atom. The van der Waals surface area contributed by atoms with Gasteiger partial charge in [-0.1, -0.05) is 6.07 Å². The minimum absolute atomic E-state index is 0.0466. The van der Waals surface area contributed by atoms with Crippen LogP contribution in [0.25, 0.3) is 0 Å². The highest BCUT2D eigenvalue weighted by atomic mass is 35.5. The van der Waals surface area contributed by atoms with Gasteiger partial charge in [-0.3, -0.25) is 0 Å². The molecule has 2 atom stereocenters. The van der Waals surface area contributed by atoms with E-state index in [1.165, 1.54) is 18.2 Å². The zero-order chi connectivity index (χ0) is 15.8. The van der Waals surface area contributed by atoms with Gasteiger partial charge in [0.25, 0.3) is 0 Å². The van der Waals surface area contributed by atoms with E-state index in [9.17, 15) is 16.8 Å². The second kappa shape index (κ2) is 5.57. The number of sulfone groups is 1. The molecule has 114 valence electrons. The number of halogens is 1. The van der Waals surface area contributed by atoms with Crippen LogP contribution in [-0.2, 0) is 19.9 Å². The monoisotopic (exact) mass is 348 g/mol. The van der Waals surface area contributed by atoms with Crippen molar-refractivity contribution >= 4 is 31.5 Å². The van der Waals surface area contributed by atoms with Crippen LogP contribution < -0.4 is 4.72 Å². The molecular formula is C12H13ClN2O4S2. The van der Waals surface area contributed by atoms with E-state index in [0.29, 0.717) is 5.56 Å². The Morgan fingerprint density at radius 3 is 2.57 bits per heavy atom. The molecule has 0 bridgehead atoms. The molecule has 1 aromatic rings. The molecule has 0 amide bonds. The molecule has 1 aliphatic rings. The molecule has 0 radical (unpaired) electrons. The van der Waals surface area contributed by atoms with Crippen molar-refractivity contribution in [2.24, 2.45) is 0 Å². The maximum Gasteiger partial charge on any atom is 0.241 e. The fourth-order valence-corrected chi connectivity index (χ4v) is 6.41. The molecule has 1 fully saturated rings. The Hall–Kier alpha value is -1.14. The summed E-state index contributed by atoms with van der Waals surface area (Å²) in [6, 6.07) is 5.29. The fraction of sp³-hybridized carbons (Fsp3) is 0.417. The number of aryl methyl sites for hydroxylation is 1. The van der Waals surface area contributed by atoms with Crippen LogP contribution in [0.2, 0.25) is 0 Å². The van der Waals surface area contributed by atoms with E-state index in [0.717, 1.165) is 0 Å². The first-order valence-electron chi connectivity index (χ1n) is 6.02. The summed E-state index contributed by atoms with van der Waals surface area (Å²) in [5, 5.41) is 8.05. The van der Waals surface area contributed by atoms with Crippen molar-refractivity contribution in [1.29, 1.82) is 5.26 Å². The van der Waals surface area contributed by atoms with Crippen LogP contribution in [0, 0.1) is 18.3 Å². The van der Waals surface area contributed by atoms with Gasteiger partial charge in [0.05, 0.1) is 39.5 Å². The molecule has 1 aliphatic heterocycles. The second-order valence-corrected chi connectivity index (χ2v) is 9.31. The van der Waals surface area contributed by atoms with Gasteiger partial charge in [0, 0.05) is 0 Å². The molecular weight excluding hydrogens is 336 g/mol. The largest absolute Gasteiger partial charge is 0.241 e. The topological polar surface area (TPSA) is 104 Å². The lowest BCUT2D eigenvalue weighted by molar-refractivity contribution is 0.563. The number of benzene rings is 1. The zero-order valence-electron chi connectivity index (χ0n) is 11.1. The van der Waals surface area contributed by atoms with Crippen molar-refractivity contribution in [3.05, 3.63) is 29.3 Å². The predicted molar refractivity (Wildman–Crippen MR) is 78.3 cm³/mol. The van der Waals surface area contributed by atoms with E-state index >= 15 is 0 Å². The molecule has 0 aliphatic carbocycles. The molecule has 1 saturated heterocycles. The van der Waals surface area contributed by atoms with Gasteiger partial charge in [0.2, 0.25) is 10.0 Å². The molecule has 9 heteroatoms. The van der Waals surface area contributed by atoms with Crippen LogP contribution in [0.5, 0.6) is 0 Å². The van der Waals surface area contributed by atoms with Crippen LogP contribution in [0.3, 0.4) is 0 Å². The Kier molecular flexibility index (Phi) is 4.31. The normalized spacial score (nSPS) is 24.6. The lowest BCUT2D eigenvalue weighted by atomic mass is 10.2. The Morgan fingerprint density at radius 2 is 2.05 bits per heavy atom. The molecule has 2 unspecified atom stereocenters. The average molecular weight is 349 g/mol. The minimum atomic E-state index is -3.94. The summed E-state index contributed by atoms with van der Waals surface area (Å²) in [5.41, 5.74) is 0.677. The molecule has 6 nitrogen and oxygen atoms in total. The minimum Gasteiger partial charge on any atom is -0.229 e. The molecule has 21 heavy (non-hydrogen) atoms. The number of sulfonamides is 1. The lowest BCUT2D eigenvalue weighted by Crippen LogP contribution is -2.40. The third-order valence-corrected chi connectivity index (χ3v) is 7.20. The van der Waals surface area contributed by atoms with E-state index in [-0.39, 0.29) is 22.0 Å². The number of hydrogen-bond donors (Lipinski definition) is 1. The maximum atomic E-state index is 12.4. The first-order valence-corrected chi connectivity index (χ1v) is 9.76. The Bertz CT molecular complexity index is 812. The number of nitrogens with one attached hydrogen (secondary N) is 1. The Labute approximate surface area is 128 Å². The summed E-state index contributed by atoms with van der Waals surface area (Å²) < 4.78 is 50.0. The van der Waals surface area contributed by atoms with E-state index < -0.39 is 31.3 Å². The average Bonchev–Trinajstić information content (AvgIpc) is 2.61. The van der Waals surface area contributed by atoms with E-state index in [2.05, 4.69) is 4.72 Å². The number of nitriles is 1. The maximum absolute atomic E-state index is 12.4. The molecule has 1 N–H and O–H groups in total. The van der Waals surface area contributed by atoms with E-state index in [1.807, 2.05) is 6.07 Å². The molecule has 1 aromatic carbocycles. The van der Waals surface area contributed by atoms with Crippen LogP contribution in [0.4, 0.5) is 0 Å². The van der Waals surface area contributed by atoms with Crippen molar-refractivity contribution in [3.8, 4) is 6.07 Å². The molecule has 0 spiro atoms. The van der Waals surface area contributed by atoms with Crippen molar-refractivity contribution in [1.82, 2.24) is 4.72 Å². The third kappa shape index (κ3) is 3.55. The second-order valence-electron chi connectivity index (χ2n) is 4.91. The predicted octanol–water partition coefficient (Wildman–Crippen LogP) is 0.549. The fourth-order valence-electron chi connectivity index (χ4n) is 2.13. The Balaban J connectivity index is 2.34. The van der Waals surface area contributed by atoms with E-state index in [4.69, 9.17) is 16.9 Å². The summed E-state index contributed by atoms with van der Waals surface area (Å²) >= 11 is 5.90. The van der Waals surface area contributed by atoms with Crippen molar-refractivity contribution in [3.63, 3.8) is 0 Å². The summed E-state index contributed by atoms with van der Waals surface area (Å²) in [4.78, 5) is -0.0466. The summed E-state index contributed by atoms with van der Waals surface area (Å²) in [5.74, 6) is -0.573. The molecule has 2 rings (SSSR count). The SMILES string of the molecule is Cc1ccc(C#N)cc1S(=O)(=O)NC1CS(=O)(=O)CC1Cl. The van der Waals surface area contributed by atoms with Gasteiger partial charge in [0.1, 0.15) is 0 Å². The first kappa shape index (κ1) is 16.2. The van der Waals surface area contributed by atoms with Gasteiger partial charge in [-0.2, -0.15) is 5.26 Å². The number of hydrogen-bond acceptors (Lipinski definition) is 5. The smallest absolute Gasteiger partial charge is 0.229 e. The van der Waals surface area contributed by atoms with Gasteiger partial charge < -0.3 is 0 Å². The van der Waals surface area contributed by atoms with Crippen LogP contribution in [0.1, 0.15) is 11.1 Å². The van der Waals surface area contributed by atoms with E-state index in [1.54, 1.807) is 6.92 Å². The zero-order valence-corrected chi connectivity index (χ0v) is 13.5. The number of nitrogens with zero attached hydrogens (tertiary/aromatic N) is 1. The molecule has 1 heterocycles. The lowest BCUT2D eigenvalue weighted by Gasteiger charge is -2.16. The van der Waals surface area contributed by atoms with Crippen LogP contribution >= 0.6 is 11.6 Å². The highest BCUT2D eigenvalue weighted by Gasteiger charge is 2.39. The van der Waals surface area contributed by atoms with Gasteiger partial charge >= 0.3 is 0 Å². The van der Waals surface area contributed by atoms with Crippen LogP contribution in [-0.4, -0.2) is 39.8 Å². The summed E-state index contributed by atoms with van der Waals surface area (Å²) in [6.07, 6.45) is 0. The summed E-state index contributed by atoms with van der Waals surface area (Å²) in [7, 11) is -7.27. The molecule has 0 saturated carbocycles. The van der Waals surface area contributed by atoms with Gasteiger partial charge in [-0.15, -0.1) is 11.6 Å². The summed E-state index contributed by atoms with van der Waals surface area (Å²) in [6.45, 7) is 1.60. The van der Waals surface area contributed by atoms with Crippen molar-refractivity contribution in [2.45, 2.75) is 23.2 Å².